The number of benzene rings is 1. The first kappa shape index (κ1) is 14.6. The van der Waals surface area contributed by atoms with Crippen molar-refractivity contribution in [2.45, 2.75) is 32.7 Å². The minimum absolute atomic E-state index is 0.114. The third-order valence-electron chi connectivity index (χ3n) is 2.34. The van der Waals surface area contributed by atoms with Crippen LogP contribution in [0.5, 0.6) is 0 Å². The number of rotatable bonds is 6. The SMILES string of the molecule is CC(C)NCCCC(=O)Nc1cc(F)ccc1F. The first-order valence-corrected chi connectivity index (χ1v) is 5.97. The van der Waals surface area contributed by atoms with Crippen molar-refractivity contribution in [1.82, 2.24) is 5.32 Å². The fraction of sp³-hybridized carbons (Fsp3) is 0.462. The van der Waals surface area contributed by atoms with Gasteiger partial charge in [-0.3, -0.25) is 4.79 Å². The number of anilines is 1. The van der Waals surface area contributed by atoms with E-state index in [1.165, 1.54) is 0 Å². The van der Waals surface area contributed by atoms with Gasteiger partial charge in [0.1, 0.15) is 11.6 Å². The summed E-state index contributed by atoms with van der Waals surface area (Å²) in [5, 5.41) is 5.53. The molecule has 5 heteroatoms. The van der Waals surface area contributed by atoms with Crippen LogP contribution in [0.4, 0.5) is 14.5 Å². The minimum atomic E-state index is -0.634. The summed E-state index contributed by atoms with van der Waals surface area (Å²) in [5.74, 6) is -1.52. The molecule has 2 N–H and O–H groups in total. The maximum Gasteiger partial charge on any atom is 0.224 e. The summed E-state index contributed by atoms with van der Waals surface area (Å²) in [6.07, 6.45) is 0.927. The molecular weight excluding hydrogens is 238 g/mol. The van der Waals surface area contributed by atoms with E-state index >= 15 is 0 Å². The lowest BCUT2D eigenvalue weighted by Gasteiger charge is -2.08. The second-order valence-corrected chi connectivity index (χ2v) is 4.38. The highest BCUT2D eigenvalue weighted by Crippen LogP contribution is 2.15. The Labute approximate surface area is 106 Å². The van der Waals surface area contributed by atoms with Gasteiger partial charge >= 0.3 is 0 Å². The molecule has 0 atom stereocenters. The standard InChI is InChI=1S/C13H18F2N2O/c1-9(2)16-7-3-4-13(18)17-12-8-10(14)5-6-11(12)15/h5-6,8-9,16H,3-4,7H2,1-2H3,(H,17,18). The van der Waals surface area contributed by atoms with Gasteiger partial charge in [0.05, 0.1) is 5.69 Å². The van der Waals surface area contributed by atoms with Gasteiger partial charge in [-0.05, 0) is 25.1 Å². The van der Waals surface area contributed by atoms with Crippen molar-refractivity contribution in [3.8, 4) is 0 Å². The van der Waals surface area contributed by atoms with Crippen molar-refractivity contribution in [2.24, 2.45) is 0 Å². The number of carbonyl (C=O) groups is 1. The third-order valence-corrected chi connectivity index (χ3v) is 2.34. The molecule has 0 aliphatic heterocycles. The second kappa shape index (κ2) is 7.06. The molecule has 0 radical (unpaired) electrons. The van der Waals surface area contributed by atoms with Crippen molar-refractivity contribution in [2.75, 3.05) is 11.9 Å². The van der Waals surface area contributed by atoms with E-state index < -0.39 is 11.6 Å². The Kier molecular flexibility index (Phi) is 5.71. The summed E-state index contributed by atoms with van der Waals surface area (Å²) in [5.41, 5.74) is -0.114. The van der Waals surface area contributed by atoms with E-state index in [1.807, 2.05) is 13.8 Å². The maximum atomic E-state index is 13.2. The Bertz CT molecular complexity index is 408. The molecule has 1 aromatic rings. The van der Waals surface area contributed by atoms with E-state index in [-0.39, 0.29) is 18.0 Å². The molecule has 0 saturated heterocycles. The fourth-order valence-corrected chi connectivity index (χ4v) is 1.45. The van der Waals surface area contributed by atoms with Gasteiger partial charge < -0.3 is 10.6 Å². The number of carbonyl (C=O) groups excluding carboxylic acids is 1. The van der Waals surface area contributed by atoms with Gasteiger partial charge in [-0.25, -0.2) is 8.78 Å². The molecule has 0 heterocycles. The van der Waals surface area contributed by atoms with E-state index in [0.717, 1.165) is 24.7 Å². The smallest absolute Gasteiger partial charge is 0.224 e. The van der Waals surface area contributed by atoms with Gasteiger partial charge in [0.25, 0.3) is 0 Å². The van der Waals surface area contributed by atoms with E-state index in [0.29, 0.717) is 12.5 Å². The summed E-state index contributed by atoms with van der Waals surface area (Å²) >= 11 is 0. The lowest BCUT2D eigenvalue weighted by atomic mass is 10.2. The first-order chi connectivity index (χ1) is 8.49. The number of amides is 1. The van der Waals surface area contributed by atoms with E-state index in [1.54, 1.807) is 0 Å². The molecule has 0 bridgehead atoms. The van der Waals surface area contributed by atoms with Crippen molar-refractivity contribution >= 4 is 11.6 Å². The van der Waals surface area contributed by atoms with Gasteiger partial charge in [0.2, 0.25) is 5.91 Å². The number of halogens is 2. The highest BCUT2D eigenvalue weighted by atomic mass is 19.1. The molecule has 0 saturated carbocycles. The van der Waals surface area contributed by atoms with Crippen LogP contribution in [0.3, 0.4) is 0 Å². The van der Waals surface area contributed by atoms with Crippen LogP contribution in [0.25, 0.3) is 0 Å². The van der Waals surface area contributed by atoms with Gasteiger partial charge in [0, 0.05) is 18.5 Å². The predicted molar refractivity (Wildman–Crippen MR) is 67.4 cm³/mol. The van der Waals surface area contributed by atoms with Gasteiger partial charge in [-0.2, -0.15) is 0 Å². The van der Waals surface area contributed by atoms with Gasteiger partial charge in [-0.15, -0.1) is 0 Å². The first-order valence-electron chi connectivity index (χ1n) is 5.97. The van der Waals surface area contributed by atoms with Crippen LogP contribution in [-0.4, -0.2) is 18.5 Å². The van der Waals surface area contributed by atoms with Crippen LogP contribution >= 0.6 is 0 Å². The highest BCUT2D eigenvalue weighted by molar-refractivity contribution is 5.90. The normalized spacial score (nSPS) is 10.7. The summed E-state index contributed by atoms with van der Waals surface area (Å²) in [7, 11) is 0. The van der Waals surface area contributed by atoms with Crippen LogP contribution in [0.1, 0.15) is 26.7 Å². The lowest BCUT2D eigenvalue weighted by molar-refractivity contribution is -0.116. The Morgan fingerprint density at radius 2 is 2.06 bits per heavy atom. The Hall–Kier alpha value is -1.49. The lowest BCUT2D eigenvalue weighted by Crippen LogP contribution is -2.24. The molecule has 0 fully saturated rings. The highest BCUT2D eigenvalue weighted by Gasteiger charge is 2.07. The zero-order valence-electron chi connectivity index (χ0n) is 10.6. The van der Waals surface area contributed by atoms with Gasteiger partial charge in [0.15, 0.2) is 0 Å². The van der Waals surface area contributed by atoms with Crippen molar-refractivity contribution < 1.29 is 13.6 Å². The summed E-state index contributed by atoms with van der Waals surface area (Å²) < 4.78 is 26.1. The van der Waals surface area contributed by atoms with Gasteiger partial charge in [-0.1, -0.05) is 13.8 Å². The van der Waals surface area contributed by atoms with Crippen LogP contribution in [-0.2, 0) is 4.79 Å². The Morgan fingerprint density at radius 3 is 2.72 bits per heavy atom. The molecular formula is C13H18F2N2O. The number of hydrogen-bond acceptors (Lipinski definition) is 2. The average molecular weight is 256 g/mol. The van der Waals surface area contributed by atoms with E-state index in [9.17, 15) is 13.6 Å². The quantitative estimate of drug-likeness (QED) is 0.768. The summed E-state index contributed by atoms with van der Waals surface area (Å²) in [6, 6.07) is 3.34. The Morgan fingerprint density at radius 1 is 1.33 bits per heavy atom. The summed E-state index contributed by atoms with van der Waals surface area (Å²) in [4.78, 5) is 11.5. The molecule has 0 aliphatic carbocycles. The van der Waals surface area contributed by atoms with Crippen molar-refractivity contribution in [3.05, 3.63) is 29.8 Å². The zero-order chi connectivity index (χ0) is 13.5. The van der Waals surface area contributed by atoms with E-state index in [2.05, 4.69) is 10.6 Å². The predicted octanol–water partition coefficient (Wildman–Crippen LogP) is 2.68. The molecule has 0 unspecified atom stereocenters. The van der Waals surface area contributed by atoms with Crippen LogP contribution in [0.15, 0.2) is 18.2 Å². The largest absolute Gasteiger partial charge is 0.324 e. The molecule has 1 amide bonds. The molecule has 100 valence electrons. The molecule has 3 nitrogen and oxygen atoms in total. The van der Waals surface area contributed by atoms with Crippen molar-refractivity contribution in [3.63, 3.8) is 0 Å². The molecule has 0 aromatic heterocycles. The zero-order valence-corrected chi connectivity index (χ0v) is 10.6. The van der Waals surface area contributed by atoms with Crippen LogP contribution < -0.4 is 10.6 Å². The van der Waals surface area contributed by atoms with Crippen LogP contribution in [0, 0.1) is 11.6 Å². The number of nitrogens with one attached hydrogen (secondary N) is 2. The molecule has 18 heavy (non-hydrogen) atoms. The van der Waals surface area contributed by atoms with E-state index in [4.69, 9.17) is 0 Å². The molecule has 1 rings (SSSR count). The average Bonchev–Trinajstić information content (AvgIpc) is 2.29. The van der Waals surface area contributed by atoms with Crippen LogP contribution in [0.2, 0.25) is 0 Å². The maximum absolute atomic E-state index is 13.2. The molecule has 0 aliphatic rings. The number of hydrogen-bond donors (Lipinski definition) is 2. The monoisotopic (exact) mass is 256 g/mol. The van der Waals surface area contributed by atoms with Crippen molar-refractivity contribution in [1.29, 1.82) is 0 Å². The topological polar surface area (TPSA) is 41.1 Å². The second-order valence-electron chi connectivity index (χ2n) is 4.38. The molecule has 1 aromatic carbocycles. The Balaban J connectivity index is 2.38. The fourth-order valence-electron chi connectivity index (χ4n) is 1.45. The third kappa shape index (κ3) is 5.23. The minimum Gasteiger partial charge on any atom is -0.324 e. The summed E-state index contributed by atoms with van der Waals surface area (Å²) in [6.45, 7) is 4.75. The molecule has 0 spiro atoms.